The van der Waals surface area contributed by atoms with Crippen molar-refractivity contribution in [3.05, 3.63) is 71.4 Å². The molecular weight excluding hydrogens is 258 g/mol. The largest absolute Gasteiger partial charge is 0.361 e. The van der Waals surface area contributed by atoms with Crippen LogP contribution in [-0.2, 0) is 13.0 Å². The molecule has 2 N–H and O–H groups in total. The lowest BCUT2D eigenvalue weighted by molar-refractivity contribution is 0.688. The average Bonchev–Trinajstić information content (AvgIpc) is 2.95. The van der Waals surface area contributed by atoms with E-state index in [4.69, 9.17) is 5.26 Å². The summed E-state index contributed by atoms with van der Waals surface area (Å²) in [6, 6.07) is 18.3. The zero-order valence-electron chi connectivity index (χ0n) is 11.8. The molecule has 3 aromatic rings. The molecule has 3 nitrogen and oxygen atoms in total. The highest BCUT2D eigenvalue weighted by atomic mass is 14.8. The molecule has 104 valence electrons. The van der Waals surface area contributed by atoms with Crippen LogP contribution in [0.4, 0.5) is 0 Å². The van der Waals surface area contributed by atoms with E-state index >= 15 is 0 Å². The van der Waals surface area contributed by atoms with Crippen LogP contribution < -0.4 is 5.32 Å². The Labute approximate surface area is 124 Å². The van der Waals surface area contributed by atoms with Gasteiger partial charge in [0.1, 0.15) is 0 Å². The average molecular weight is 275 g/mol. The monoisotopic (exact) mass is 275 g/mol. The number of hydrogen-bond donors (Lipinski definition) is 2. The minimum atomic E-state index is 0.714. The van der Waals surface area contributed by atoms with Crippen molar-refractivity contribution in [1.82, 2.24) is 10.3 Å². The standard InChI is InChI=1S/C18H17N3/c19-11-14-4-3-5-15(10-14)12-20-9-8-16-13-21-18-7-2-1-6-17(16)18/h1-7,10,13,20-21H,8-9,12H2. The number of hydrogen-bond acceptors (Lipinski definition) is 2. The van der Waals surface area contributed by atoms with Crippen molar-refractivity contribution in [3.8, 4) is 6.07 Å². The third-order valence-electron chi connectivity index (χ3n) is 3.63. The molecule has 0 aliphatic carbocycles. The van der Waals surface area contributed by atoms with Crippen LogP contribution in [0.15, 0.2) is 54.7 Å². The Balaban J connectivity index is 1.55. The van der Waals surface area contributed by atoms with Crippen LogP contribution in [0, 0.1) is 11.3 Å². The van der Waals surface area contributed by atoms with Gasteiger partial charge in [-0.05, 0) is 42.3 Å². The minimum absolute atomic E-state index is 0.714. The van der Waals surface area contributed by atoms with E-state index in [-0.39, 0.29) is 0 Å². The van der Waals surface area contributed by atoms with E-state index in [0.717, 1.165) is 25.1 Å². The molecule has 0 spiro atoms. The maximum absolute atomic E-state index is 8.89. The van der Waals surface area contributed by atoms with Crippen molar-refractivity contribution in [1.29, 1.82) is 5.26 Å². The summed E-state index contributed by atoms with van der Waals surface area (Å²) < 4.78 is 0. The van der Waals surface area contributed by atoms with Crippen LogP contribution in [0.25, 0.3) is 10.9 Å². The fourth-order valence-electron chi connectivity index (χ4n) is 2.55. The topological polar surface area (TPSA) is 51.6 Å². The molecule has 1 heterocycles. The van der Waals surface area contributed by atoms with E-state index in [9.17, 15) is 0 Å². The Morgan fingerprint density at radius 2 is 2.00 bits per heavy atom. The van der Waals surface area contributed by atoms with Crippen molar-refractivity contribution in [3.63, 3.8) is 0 Å². The number of nitrogens with one attached hydrogen (secondary N) is 2. The van der Waals surface area contributed by atoms with Crippen molar-refractivity contribution >= 4 is 10.9 Å². The molecular formula is C18H17N3. The van der Waals surface area contributed by atoms with Gasteiger partial charge < -0.3 is 10.3 Å². The van der Waals surface area contributed by atoms with Crippen LogP contribution in [0.5, 0.6) is 0 Å². The number of H-pyrrole nitrogens is 1. The van der Waals surface area contributed by atoms with Crippen molar-refractivity contribution < 1.29 is 0 Å². The zero-order valence-corrected chi connectivity index (χ0v) is 11.8. The molecule has 3 rings (SSSR count). The first-order chi connectivity index (χ1) is 10.4. The number of nitrogens with zero attached hydrogens (tertiary/aromatic N) is 1. The Morgan fingerprint density at radius 3 is 2.90 bits per heavy atom. The summed E-state index contributed by atoms with van der Waals surface area (Å²) >= 11 is 0. The van der Waals surface area contributed by atoms with E-state index in [1.54, 1.807) is 0 Å². The summed E-state index contributed by atoms with van der Waals surface area (Å²) in [6.07, 6.45) is 3.07. The summed E-state index contributed by atoms with van der Waals surface area (Å²) in [5.41, 5.74) is 4.39. The first kappa shape index (κ1) is 13.4. The summed E-state index contributed by atoms with van der Waals surface area (Å²) in [7, 11) is 0. The van der Waals surface area contributed by atoms with Gasteiger partial charge in [0.2, 0.25) is 0 Å². The Morgan fingerprint density at radius 1 is 1.10 bits per heavy atom. The van der Waals surface area contributed by atoms with Crippen molar-refractivity contribution in [2.75, 3.05) is 6.54 Å². The number of aromatic amines is 1. The number of para-hydroxylation sites is 1. The van der Waals surface area contributed by atoms with Gasteiger partial charge in [-0.25, -0.2) is 0 Å². The summed E-state index contributed by atoms with van der Waals surface area (Å²) in [6.45, 7) is 1.70. The van der Waals surface area contributed by atoms with E-state index in [0.29, 0.717) is 5.56 Å². The van der Waals surface area contributed by atoms with Crippen LogP contribution in [0.1, 0.15) is 16.7 Å². The third-order valence-corrected chi connectivity index (χ3v) is 3.63. The molecule has 3 heteroatoms. The molecule has 0 saturated heterocycles. The second kappa shape index (κ2) is 6.25. The second-order valence-corrected chi connectivity index (χ2v) is 5.10. The van der Waals surface area contributed by atoms with E-state index in [2.05, 4.69) is 40.8 Å². The van der Waals surface area contributed by atoms with E-state index < -0.39 is 0 Å². The minimum Gasteiger partial charge on any atom is -0.361 e. The van der Waals surface area contributed by atoms with Gasteiger partial charge >= 0.3 is 0 Å². The Kier molecular flexibility index (Phi) is 3.99. The van der Waals surface area contributed by atoms with Crippen LogP contribution in [0.3, 0.4) is 0 Å². The highest BCUT2D eigenvalue weighted by Gasteiger charge is 2.02. The molecule has 1 aromatic heterocycles. The fourth-order valence-corrected chi connectivity index (χ4v) is 2.55. The predicted molar refractivity (Wildman–Crippen MR) is 84.9 cm³/mol. The first-order valence-corrected chi connectivity index (χ1v) is 7.11. The molecule has 0 bridgehead atoms. The molecule has 0 aliphatic rings. The molecule has 0 atom stereocenters. The maximum Gasteiger partial charge on any atom is 0.0991 e. The quantitative estimate of drug-likeness (QED) is 0.701. The van der Waals surface area contributed by atoms with Crippen molar-refractivity contribution in [2.24, 2.45) is 0 Å². The third kappa shape index (κ3) is 3.13. The van der Waals surface area contributed by atoms with Gasteiger partial charge in [0, 0.05) is 23.6 Å². The van der Waals surface area contributed by atoms with Gasteiger partial charge in [-0.1, -0.05) is 30.3 Å². The molecule has 0 unspecified atom stereocenters. The molecule has 0 radical (unpaired) electrons. The van der Waals surface area contributed by atoms with Gasteiger partial charge in [0.25, 0.3) is 0 Å². The van der Waals surface area contributed by atoms with Crippen LogP contribution >= 0.6 is 0 Å². The Bertz CT molecular complexity index is 780. The lowest BCUT2D eigenvalue weighted by Crippen LogP contribution is -2.16. The molecule has 0 fully saturated rings. The van der Waals surface area contributed by atoms with E-state index in [1.807, 2.05) is 30.3 Å². The lowest BCUT2D eigenvalue weighted by Gasteiger charge is -2.05. The summed E-state index contributed by atoms with van der Waals surface area (Å²) in [5.74, 6) is 0. The van der Waals surface area contributed by atoms with Crippen LogP contribution in [-0.4, -0.2) is 11.5 Å². The molecule has 0 amide bonds. The normalized spacial score (nSPS) is 10.6. The highest BCUT2D eigenvalue weighted by Crippen LogP contribution is 2.17. The van der Waals surface area contributed by atoms with E-state index in [1.165, 1.54) is 16.5 Å². The first-order valence-electron chi connectivity index (χ1n) is 7.11. The smallest absolute Gasteiger partial charge is 0.0991 e. The van der Waals surface area contributed by atoms with Gasteiger partial charge in [0.05, 0.1) is 11.6 Å². The molecule has 21 heavy (non-hydrogen) atoms. The highest BCUT2D eigenvalue weighted by molar-refractivity contribution is 5.83. The maximum atomic E-state index is 8.89. The zero-order chi connectivity index (χ0) is 14.5. The number of benzene rings is 2. The van der Waals surface area contributed by atoms with Gasteiger partial charge in [0.15, 0.2) is 0 Å². The molecule has 2 aromatic carbocycles. The Hall–Kier alpha value is -2.57. The number of nitriles is 1. The lowest BCUT2D eigenvalue weighted by atomic mass is 10.1. The number of aromatic nitrogens is 1. The number of fused-ring (bicyclic) bond motifs is 1. The second-order valence-electron chi connectivity index (χ2n) is 5.10. The van der Waals surface area contributed by atoms with Crippen molar-refractivity contribution in [2.45, 2.75) is 13.0 Å². The SMILES string of the molecule is N#Cc1cccc(CNCCc2c[nH]c3ccccc23)c1. The summed E-state index contributed by atoms with van der Waals surface area (Å²) in [5, 5.41) is 13.6. The molecule has 0 saturated carbocycles. The van der Waals surface area contributed by atoms with Gasteiger partial charge in [-0.2, -0.15) is 5.26 Å². The predicted octanol–water partition coefficient (Wildman–Crippen LogP) is 3.37. The molecule has 0 aliphatic heterocycles. The fraction of sp³-hybridized carbons (Fsp3) is 0.167. The summed E-state index contributed by atoms with van der Waals surface area (Å²) in [4.78, 5) is 3.30. The van der Waals surface area contributed by atoms with Gasteiger partial charge in [-0.3, -0.25) is 0 Å². The van der Waals surface area contributed by atoms with Crippen LogP contribution in [0.2, 0.25) is 0 Å². The van der Waals surface area contributed by atoms with Gasteiger partial charge in [-0.15, -0.1) is 0 Å². The number of rotatable bonds is 5.